The molecule has 0 aliphatic heterocycles. The molecule has 0 aliphatic rings. The summed E-state index contributed by atoms with van der Waals surface area (Å²) in [6.45, 7) is 4.24. The second kappa shape index (κ2) is 47.0. The number of nitrogens with zero attached hydrogens (tertiary/aromatic N) is 1. The monoisotopic (exact) mass is 937 g/mol. The van der Waals surface area contributed by atoms with Crippen molar-refractivity contribution in [2.75, 3.05) is 40.9 Å². The number of likely N-dealkylation sites (N-methyl/N-ethyl adjacent to an activating group) is 1. The predicted octanol–water partition coefficient (Wildman–Crippen LogP) is 14.8. The molecule has 0 aliphatic carbocycles. The Hall–Kier alpha value is -3.10. The first-order valence-corrected chi connectivity index (χ1v) is 27.3. The Morgan fingerprint density at radius 2 is 0.955 bits per heavy atom. The molecule has 3 atom stereocenters. The lowest BCUT2D eigenvalue weighted by Crippen LogP contribution is -2.45. The Kier molecular flexibility index (Phi) is 44.8. The van der Waals surface area contributed by atoms with Crippen molar-refractivity contribution in [2.45, 2.75) is 193 Å². The van der Waals surface area contributed by atoms with Crippen molar-refractivity contribution in [1.29, 1.82) is 0 Å². The number of allylic oxidation sites excluding steroid dienone is 19. The third-order valence-electron chi connectivity index (χ3n) is 10.7. The van der Waals surface area contributed by atoms with Crippen LogP contribution >= 0.6 is 7.82 Å². The maximum atomic E-state index is 12.9. The number of aliphatic hydroxyl groups excluding tert-OH is 1. The van der Waals surface area contributed by atoms with Crippen LogP contribution in [-0.2, 0) is 18.4 Å². The van der Waals surface area contributed by atoms with Crippen molar-refractivity contribution in [3.63, 3.8) is 0 Å². The van der Waals surface area contributed by atoms with Gasteiger partial charge in [0.25, 0.3) is 7.82 Å². The number of unbranched alkanes of at least 4 members (excludes halogenated alkanes) is 15. The SMILES string of the molecule is C/C=C/CC/C=C/CC/C=C/C(O)C(COP(=O)([O-])OCC[N+](C)(C)C)NC(=O)CCCCCCCCCCCCCCC/C=C\C/C=C\C/C=C\C/C=C\C/C=C\C/C=C\C/C=C\CC. The Bertz CT molecular complexity index is 1480. The molecule has 66 heavy (non-hydrogen) atoms. The summed E-state index contributed by atoms with van der Waals surface area (Å²) in [6.07, 6.45) is 70.2. The lowest BCUT2D eigenvalue weighted by Gasteiger charge is -2.29. The van der Waals surface area contributed by atoms with E-state index in [-0.39, 0.29) is 12.5 Å². The molecule has 0 aromatic rings. The standard InChI is InChI=1S/C57H97N2O6P/c1-6-8-10-12-14-16-17-18-19-20-21-22-23-24-25-26-27-28-29-30-31-32-33-34-35-36-37-38-39-40-41-43-45-47-49-51-57(61)58-55(54-65-66(62,63)64-53-52-59(3,4)5)56(60)50-48-46-44-42-15-13-11-9-7-2/h7-10,14-16,18-19,21-22,24-25,27-28,30-31,42,48,50,55-56,60H,6,11-13,17,20,23,26,29,32-41,43-47,49,51-54H2,1-5H3,(H-,58,61,62,63)/b9-7+,10-8-,16-14-,19-18-,22-21-,25-24-,28-27-,31-30-,42-15+,50-48+. The van der Waals surface area contributed by atoms with E-state index in [1.807, 2.05) is 40.2 Å². The van der Waals surface area contributed by atoms with Crippen molar-refractivity contribution < 1.29 is 32.9 Å². The Morgan fingerprint density at radius 3 is 1.41 bits per heavy atom. The molecule has 0 aromatic carbocycles. The first-order valence-electron chi connectivity index (χ1n) is 25.9. The topological polar surface area (TPSA) is 108 Å². The van der Waals surface area contributed by atoms with Crippen LogP contribution in [0.1, 0.15) is 181 Å². The number of amides is 1. The molecule has 0 saturated heterocycles. The van der Waals surface area contributed by atoms with E-state index in [0.29, 0.717) is 17.4 Å². The van der Waals surface area contributed by atoms with Gasteiger partial charge in [0.2, 0.25) is 5.91 Å². The van der Waals surface area contributed by atoms with Gasteiger partial charge in [0, 0.05) is 6.42 Å². The minimum atomic E-state index is -4.60. The van der Waals surface area contributed by atoms with Crippen LogP contribution in [0.5, 0.6) is 0 Å². The highest BCUT2D eigenvalue weighted by atomic mass is 31.2. The van der Waals surface area contributed by atoms with E-state index in [9.17, 15) is 19.4 Å². The molecule has 9 heteroatoms. The molecular weight excluding hydrogens is 840 g/mol. The summed E-state index contributed by atoms with van der Waals surface area (Å²) < 4.78 is 23.1. The molecule has 0 aromatic heterocycles. The molecule has 0 bridgehead atoms. The maximum absolute atomic E-state index is 12.9. The minimum Gasteiger partial charge on any atom is -0.756 e. The van der Waals surface area contributed by atoms with E-state index < -0.39 is 26.6 Å². The number of nitrogens with one attached hydrogen (secondary N) is 1. The minimum absolute atomic E-state index is 0.0151. The number of phosphoric ester groups is 1. The van der Waals surface area contributed by atoms with Crippen molar-refractivity contribution in [1.82, 2.24) is 5.32 Å². The fraction of sp³-hybridized carbons (Fsp3) is 0.632. The molecular formula is C57H97N2O6P. The summed E-state index contributed by atoms with van der Waals surface area (Å²) in [5, 5.41) is 13.7. The molecule has 1 amide bonds. The number of hydrogen-bond donors (Lipinski definition) is 2. The van der Waals surface area contributed by atoms with Gasteiger partial charge in [0.1, 0.15) is 13.2 Å². The van der Waals surface area contributed by atoms with Crippen molar-refractivity contribution in [3.8, 4) is 0 Å². The van der Waals surface area contributed by atoms with Gasteiger partial charge in [-0.2, -0.15) is 0 Å². The number of hydrogen-bond acceptors (Lipinski definition) is 6. The lowest BCUT2D eigenvalue weighted by molar-refractivity contribution is -0.870. The van der Waals surface area contributed by atoms with Crippen LogP contribution in [0, 0.1) is 0 Å². The van der Waals surface area contributed by atoms with Gasteiger partial charge in [-0.05, 0) is 96.8 Å². The normalized spacial score (nSPS) is 15.1. The number of phosphoric acid groups is 1. The van der Waals surface area contributed by atoms with E-state index in [1.54, 1.807) is 6.08 Å². The molecule has 0 fully saturated rings. The summed E-state index contributed by atoms with van der Waals surface area (Å²) in [5.74, 6) is -0.222. The summed E-state index contributed by atoms with van der Waals surface area (Å²) in [6, 6.07) is -0.915. The summed E-state index contributed by atoms with van der Waals surface area (Å²) in [5.41, 5.74) is 0. The molecule has 0 rings (SSSR count). The number of aliphatic hydroxyl groups is 1. The smallest absolute Gasteiger partial charge is 0.268 e. The van der Waals surface area contributed by atoms with Crippen molar-refractivity contribution in [2.24, 2.45) is 0 Å². The molecule has 8 nitrogen and oxygen atoms in total. The van der Waals surface area contributed by atoms with E-state index in [0.717, 1.165) is 89.9 Å². The van der Waals surface area contributed by atoms with Crippen LogP contribution in [-0.4, -0.2) is 68.5 Å². The zero-order chi connectivity index (χ0) is 48.5. The number of carbonyl (C=O) groups is 1. The third-order valence-corrected chi connectivity index (χ3v) is 11.7. The largest absolute Gasteiger partial charge is 0.756 e. The molecule has 0 saturated carbocycles. The fourth-order valence-corrected chi connectivity index (χ4v) is 7.42. The first-order chi connectivity index (χ1) is 32.0. The highest BCUT2D eigenvalue weighted by molar-refractivity contribution is 7.45. The van der Waals surface area contributed by atoms with Gasteiger partial charge in [-0.1, -0.05) is 199 Å². The number of quaternary nitrogens is 1. The summed E-state index contributed by atoms with van der Waals surface area (Å²) in [7, 11) is 1.21. The Balaban J connectivity index is 4.04. The van der Waals surface area contributed by atoms with Crippen LogP contribution in [0.25, 0.3) is 0 Å². The molecule has 376 valence electrons. The van der Waals surface area contributed by atoms with Gasteiger partial charge in [-0.3, -0.25) is 9.36 Å². The molecule has 0 radical (unpaired) electrons. The van der Waals surface area contributed by atoms with E-state index in [4.69, 9.17) is 9.05 Å². The number of carbonyl (C=O) groups excluding carboxylic acids is 1. The third kappa shape index (κ3) is 48.8. The Morgan fingerprint density at radius 1 is 0.561 bits per heavy atom. The maximum Gasteiger partial charge on any atom is 0.268 e. The second-order valence-corrected chi connectivity index (χ2v) is 19.5. The van der Waals surface area contributed by atoms with E-state index in [2.05, 4.69) is 116 Å². The molecule has 3 unspecified atom stereocenters. The van der Waals surface area contributed by atoms with Crippen molar-refractivity contribution in [3.05, 3.63) is 122 Å². The highest BCUT2D eigenvalue weighted by Crippen LogP contribution is 2.38. The van der Waals surface area contributed by atoms with Crippen LogP contribution in [0.3, 0.4) is 0 Å². The predicted molar refractivity (Wildman–Crippen MR) is 283 cm³/mol. The lowest BCUT2D eigenvalue weighted by atomic mass is 10.0. The van der Waals surface area contributed by atoms with Gasteiger partial charge in [-0.15, -0.1) is 0 Å². The summed E-state index contributed by atoms with van der Waals surface area (Å²) >= 11 is 0. The second-order valence-electron chi connectivity index (χ2n) is 18.1. The zero-order valence-electron chi connectivity index (χ0n) is 42.6. The van der Waals surface area contributed by atoms with Gasteiger partial charge in [0.05, 0.1) is 39.9 Å². The zero-order valence-corrected chi connectivity index (χ0v) is 43.5. The van der Waals surface area contributed by atoms with Crippen LogP contribution in [0.15, 0.2) is 122 Å². The molecule has 0 spiro atoms. The quantitative estimate of drug-likeness (QED) is 0.0273. The first kappa shape index (κ1) is 62.9. The summed E-state index contributed by atoms with van der Waals surface area (Å²) in [4.78, 5) is 25.3. The van der Waals surface area contributed by atoms with Gasteiger partial charge < -0.3 is 28.8 Å². The Labute approximate surface area is 405 Å². The average Bonchev–Trinajstić information content (AvgIpc) is 3.28. The van der Waals surface area contributed by atoms with Gasteiger partial charge in [-0.25, -0.2) is 0 Å². The highest BCUT2D eigenvalue weighted by Gasteiger charge is 2.23. The molecule has 0 heterocycles. The van der Waals surface area contributed by atoms with E-state index >= 15 is 0 Å². The number of rotatable bonds is 45. The average molecular weight is 937 g/mol. The molecule has 2 N–H and O–H groups in total. The van der Waals surface area contributed by atoms with Crippen molar-refractivity contribution >= 4 is 13.7 Å². The fourth-order valence-electron chi connectivity index (χ4n) is 6.70. The van der Waals surface area contributed by atoms with Gasteiger partial charge >= 0.3 is 0 Å². The van der Waals surface area contributed by atoms with Crippen LogP contribution < -0.4 is 10.2 Å². The van der Waals surface area contributed by atoms with Crippen LogP contribution in [0.2, 0.25) is 0 Å². The van der Waals surface area contributed by atoms with E-state index in [1.165, 1.54) is 70.6 Å². The van der Waals surface area contributed by atoms with Crippen LogP contribution in [0.4, 0.5) is 0 Å². The van der Waals surface area contributed by atoms with Gasteiger partial charge in [0.15, 0.2) is 0 Å².